The highest BCUT2D eigenvalue weighted by Crippen LogP contribution is 2.30. The van der Waals surface area contributed by atoms with Crippen LogP contribution in [0, 0.1) is 17.1 Å². The van der Waals surface area contributed by atoms with Gasteiger partial charge in [-0.1, -0.05) is 12.2 Å². The van der Waals surface area contributed by atoms with Crippen molar-refractivity contribution in [2.24, 2.45) is 0 Å². The second-order valence-corrected chi connectivity index (χ2v) is 3.58. The van der Waals surface area contributed by atoms with Gasteiger partial charge >= 0.3 is 0 Å². The van der Waals surface area contributed by atoms with Gasteiger partial charge in [0.05, 0.1) is 4.47 Å². The Kier molecular flexibility index (Phi) is 4.32. The third-order valence-electron chi connectivity index (χ3n) is 1.73. The summed E-state index contributed by atoms with van der Waals surface area (Å²) in [5.74, 6) is -0.327. The summed E-state index contributed by atoms with van der Waals surface area (Å²) in [5.41, 5.74) is -0.0751. The Morgan fingerprint density at radius 2 is 2.33 bits per heavy atom. The molecule has 0 aliphatic heterocycles. The minimum absolute atomic E-state index is 0.0751. The number of ether oxygens (including phenoxy) is 1. The SMILES string of the molecule is C/C=C/COc1c(Br)ccc(F)c1C#N. The second-order valence-electron chi connectivity index (χ2n) is 2.73. The van der Waals surface area contributed by atoms with E-state index in [1.807, 2.05) is 13.0 Å². The molecule has 0 atom stereocenters. The number of benzene rings is 1. The molecule has 0 aliphatic carbocycles. The van der Waals surface area contributed by atoms with Crippen molar-refractivity contribution in [1.29, 1.82) is 5.26 Å². The Morgan fingerprint density at radius 3 is 2.93 bits per heavy atom. The van der Waals surface area contributed by atoms with E-state index in [1.165, 1.54) is 12.1 Å². The Balaban J connectivity index is 3.04. The van der Waals surface area contributed by atoms with Crippen LogP contribution in [0.5, 0.6) is 5.75 Å². The van der Waals surface area contributed by atoms with E-state index in [-0.39, 0.29) is 11.3 Å². The van der Waals surface area contributed by atoms with Gasteiger partial charge in [-0.05, 0) is 35.0 Å². The van der Waals surface area contributed by atoms with E-state index < -0.39 is 5.82 Å². The molecule has 0 saturated carbocycles. The summed E-state index contributed by atoms with van der Waals surface area (Å²) in [5, 5.41) is 8.77. The standard InChI is InChI=1S/C11H9BrFNO/c1-2-3-6-15-11-8(7-14)10(13)5-4-9(11)12/h2-5H,6H2,1H3/b3-2+. The first-order valence-electron chi connectivity index (χ1n) is 4.32. The average molecular weight is 270 g/mol. The lowest BCUT2D eigenvalue weighted by molar-refractivity contribution is 0.356. The van der Waals surface area contributed by atoms with E-state index in [9.17, 15) is 4.39 Å². The number of allylic oxidation sites excluding steroid dienone is 1. The van der Waals surface area contributed by atoms with Crippen LogP contribution < -0.4 is 4.74 Å². The molecule has 0 saturated heterocycles. The minimum atomic E-state index is -0.573. The predicted molar refractivity (Wildman–Crippen MR) is 59.1 cm³/mol. The van der Waals surface area contributed by atoms with Crippen molar-refractivity contribution in [2.75, 3.05) is 6.61 Å². The van der Waals surface area contributed by atoms with Crippen LogP contribution in [0.2, 0.25) is 0 Å². The van der Waals surface area contributed by atoms with Crippen molar-refractivity contribution in [2.45, 2.75) is 6.92 Å². The normalized spacial score (nSPS) is 10.3. The first kappa shape index (κ1) is 11.7. The molecule has 78 valence electrons. The zero-order chi connectivity index (χ0) is 11.3. The van der Waals surface area contributed by atoms with Crippen LogP contribution in [-0.2, 0) is 0 Å². The third-order valence-corrected chi connectivity index (χ3v) is 2.35. The highest BCUT2D eigenvalue weighted by Gasteiger charge is 2.12. The molecule has 0 spiro atoms. The van der Waals surface area contributed by atoms with Gasteiger partial charge in [0.15, 0.2) is 5.75 Å². The number of hydrogen-bond acceptors (Lipinski definition) is 2. The molecular weight excluding hydrogens is 261 g/mol. The fourth-order valence-corrected chi connectivity index (χ4v) is 1.45. The van der Waals surface area contributed by atoms with Gasteiger partial charge in [-0.3, -0.25) is 0 Å². The largest absolute Gasteiger partial charge is 0.487 e. The molecule has 1 aromatic carbocycles. The summed E-state index contributed by atoms with van der Waals surface area (Å²) >= 11 is 3.21. The molecule has 15 heavy (non-hydrogen) atoms. The lowest BCUT2D eigenvalue weighted by Gasteiger charge is -2.08. The molecule has 2 nitrogen and oxygen atoms in total. The van der Waals surface area contributed by atoms with E-state index in [1.54, 1.807) is 12.1 Å². The van der Waals surface area contributed by atoms with Gasteiger partial charge in [0, 0.05) is 0 Å². The van der Waals surface area contributed by atoms with Crippen molar-refractivity contribution < 1.29 is 9.13 Å². The molecule has 0 bridgehead atoms. The topological polar surface area (TPSA) is 33.0 Å². The number of rotatable bonds is 3. The quantitative estimate of drug-likeness (QED) is 0.788. The van der Waals surface area contributed by atoms with Gasteiger partial charge in [0.1, 0.15) is 24.1 Å². The first-order chi connectivity index (χ1) is 7.20. The molecular formula is C11H9BrFNO. The van der Waals surface area contributed by atoms with E-state index in [0.717, 1.165) is 0 Å². The summed E-state index contributed by atoms with van der Waals surface area (Å²) in [6.07, 6.45) is 3.59. The van der Waals surface area contributed by atoms with E-state index >= 15 is 0 Å². The van der Waals surface area contributed by atoms with Crippen LogP contribution in [0.25, 0.3) is 0 Å². The number of hydrogen-bond donors (Lipinski definition) is 0. The zero-order valence-electron chi connectivity index (χ0n) is 8.13. The highest BCUT2D eigenvalue weighted by molar-refractivity contribution is 9.10. The van der Waals surface area contributed by atoms with Gasteiger partial charge in [-0.2, -0.15) is 5.26 Å². The Labute approximate surface area is 96.1 Å². The van der Waals surface area contributed by atoms with Gasteiger partial charge in [-0.15, -0.1) is 0 Å². The van der Waals surface area contributed by atoms with Crippen LogP contribution in [0.3, 0.4) is 0 Å². The number of nitriles is 1. The first-order valence-corrected chi connectivity index (χ1v) is 5.12. The fraction of sp³-hybridized carbons (Fsp3) is 0.182. The molecule has 0 radical (unpaired) electrons. The molecule has 0 fully saturated rings. The fourth-order valence-electron chi connectivity index (χ4n) is 1.01. The van der Waals surface area contributed by atoms with Crippen LogP contribution in [0.1, 0.15) is 12.5 Å². The van der Waals surface area contributed by atoms with Gasteiger partial charge in [0.25, 0.3) is 0 Å². The van der Waals surface area contributed by atoms with Crippen molar-refractivity contribution >= 4 is 15.9 Å². The van der Waals surface area contributed by atoms with Crippen LogP contribution in [0.4, 0.5) is 4.39 Å². The maximum absolute atomic E-state index is 13.2. The lowest BCUT2D eigenvalue weighted by atomic mass is 10.2. The van der Waals surface area contributed by atoms with E-state index in [2.05, 4.69) is 15.9 Å². The maximum Gasteiger partial charge on any atom is 0.154 e. The number of nitrogens with zero attached hydrogens (tertiary/aromatic N) is 1. The second kappa shape index (κ2) is 5.52. The van der Waals surface area contributed by atoms with Gasteiger partial charge in [0.2, 0.25) is 0 Å². The molecule has 1 aromatic rings. The molecule has 0 heterocycles. The Bertz CT molecular complexity index is 423. The molecule has 0 aromatic heterocycles. The predicted octanol–water partition coefficient (Wildman–Crippen LogP) is 3.41. The lowest BCUT2D eigenvalue weighted by Crippen LogP contribution is -1.98. The smallest absolute Gasteiger partial charge is 0.154 e. The van der Waals surface area contributed by atoms with E-state index in [0.29, 0.717) is 11.1 Å². The van der Waals surface area contributed by atoms with Crippen molar-refractivity contribution in [3.05, 3.63) is 40.1 Å². The Hall–Kier alpha value is -1.34. The van der Waals surface area contributed by atoms with Crippen molar-refractivity contribution in [1.82, 2.24) is 0 Å². The minimum Gasteiger partial charge on any atom is -0.487 e. The van der Waals surface area contributed by atoms with Crippen LogP contribution >= 0.6 is 15.9 Å². The monoisotopic (exact) mass is 269 g/mol. The maximum atomic E-state index is 13.2. The van der Waals surface area contributed by atoms with Crippen molar-refractivity contribution in [3.63, 3.8) is 0 Å². The molecule has 0 aliphatic rings. The molecule has 1 rings (SSSR count). The highest BCUT2D eigenvalue weighted by atomic mass is 79.9. The van der Waals surface area contributed by atoms with E-state index in [4.69, 9.17) is 10.00 Å². The van der Waals surface area contributed by atoms with Gasteiger partial charge < -0.3 is 4.74 Å². The molecule has 0 N–H and O–H groups in total. The Morgan fingerprint density at radius 1 is 1.60 bits per heavy atom. The molecule has 0 unspecified atom stereocenters. The molecule has 0 amide bonds. The van der Waals surface area contributed by atoms with Gasteiger partial charge in [-0.25, -0.2) is 4.39 Å². The van der Waals surface area contributed by atoms with Crippen LogP contribution in [0.15, 0.2) is 28.8 Å². The third kappa shape index (κ3) is 2.80. The average Bonchev–Trinajstić information content (AvgIpc) is 2.23. The molecule has 4 heteroatoms. The summed E-state index contributed by atoms with van der Waals surface area (Å²) in [6, 6.07) is 4.52. The summed E-state index contributed by atoms with van der Waals surface area (Å²) in [4.78, 5) is 0. The summed E-state index contributed by atoms with van der Waals surface area (Å²) < 4.78 is 19.1. The summed E-state index contributed by atoms with van der Waals surface area (Å²) in [6.45, 7) is 2.17. The zero-order valence-corrected chi connectivity index (χ0v) is 9.71. The summed E-state index contributed by atoms with van der Waals surface area (Å²) in [7, 11) is 0. The van der Waals surface area contributed by atoms with Crippen molar-refractivity contribution in [3.8, 4) is 11.8 Å². The number of halogens is 2. The van der Waals surface area contributed by atoms with Crippen LogP contribution in [-0.4, -0.2) is 6.61 Å².